The highest BCUT2D eigenvalue weighted by Gasteiger charge is 2.41. The zero-order chi connectivity index (χ0) is 18.7. The average molecular weight is 354 g/mol. The Balaban J connectivity index is 1.93. The lowest BCUT2D eigenvalue weighted by Crippen LogP contribution is -2.35. The Hall–Kier alpha value is -2.10. The number of unbranched alkanes of at least 4 members (excludes halogenated alkanes) is 3. The van der Waals surface area contributed by atoms with E-state index >= 15 is 0 Å². The molecular formula is C22H30N2O2. The van der Waals surface area contributed by atoms with Gasteiger partial charge in [0.25, 0.3) is 11.8 Å². The highest BCUT2D eigenvalue weighted by molar-refractivity contribution is 6.35. The predicted octanol–water partition coefficient (Wildman–Crippen LogP) is 4.06. The molecule has 2 aliphatic rings. The summed E-state index contributed by atoms with van der Waals surface area (Å²) in [6.45, 7) is 8.55. The molecule has 26 heavy (non-hydrogen) atoms. The molecule has 2 amide bonds. The van der Waals surface area contributed by atoms with Crippen molar-refractivity contribution in [2.45, 2.75) is 59.3 Å². The van der Waals surface area contributed by atoms with Gasteiger partial charge in [-0.25, -0.2) is 0 Å². The van der Waals surface area contributed by atoms with Crippen LogP contribution in [0.25, 0.3) is 5.57 Å². The van der Waals surface area contributed by atoms with Crippen molar-refractivity contribution in [3.05, 3.63) is 40.6 Å². The maximum Gasteiger partial charge on any atom is 0.277 e. The second-order valence-electron chi connectivity index (χ2n) is 7.54. The van der Waals surface area contributed by atoms with Gasteiger partial charge < -0.3 is 4.90 Å². The van der Waals surface area contributed by atoms with Crippen LogP contribution in [0.3, 0.4) is 0 Å². The van der Waals surface area contributed by atoms with Crippen LogP contribution in [-0.2, 0) is 9.59 Å². The minimum absolute atomic E-state index is 0.0957. The quantitative estimate of drug-likeness (QED) is 0.548. The van der Waals surface area contributed by atoms with Gasteiger partial charge in [-0.05, 0) is 49.8 Å². The molecule has 0 radical (unpaired) electrons. The van der Waals surface area contributed by atoms with E-state index in [4.69, 9.17) is 0 Å². The van der Waals surface area contributed by atoms with E-state index in [0.29, 0.717) is 17.8 Å². The Labute approximate surface area is 156 Å². The maximum atomic E-state index is 13.2. The molecule has 2 heterocycles. The molecule has 4 nitrogen and oxygen atoms in total. The first-order valence-corrected chi connectivity index (χ1v) is 9.97. The predicted molar refractivity (Wildman–Crippen MR) is 105 cm³/mol. The van der Waals surface area contributed by atoms with Gasteiger partial charge in [-0.15, -0.1) is 0 Å². The number of hydrogen-bond donors (Lipinski definition) is 0. The summed E-state index contributed by atoms with van der Waals surface area (Å²) < 4.78 is 0. The maximum absolute atomic E-state index is 13.2. The van der Waals surface area contributed by atoms with Crippen LogP contribution in [0.1, 0.15) is 62.1 Å². The third-order valence-corrected chi connectivity index (χ3v) is 5.60. The van der Waals surface area contributed by atoms with E-state index in [-0.39, 0.29) is 11.8 Å². The van der Waals surface area contributed by atoms with E-state index in [0.717, 1.165) is 62.7 Å². The van der Waals surface area contributed by atoms with Crippen LogP contribution in [0.4, 0.5) is 0 Å². The van der Waals surface area contributed by atoms with Crippen LogP contribution in [0.15, 0.2) is 23.9 Å². The minimum atomic E-state index is -0.114. The number of carbonyl (C=O) groups excluding carboxylic acids is 2. The Morgan fingerprint density at radius 2 is 1.65 bits per heavy atom. The molecule has 140 valence electrons. The molecule has 1 saturated heterocycles. The first-order valence-electron chi connectivity index (χ1n) is 9.97. The minimum Gasteiger partial charge on any atom is -0.366 e. The van der Waals surface area contributed by atoms with Crippen molar-refractivity contribution in [1.82, 2.24) is 9.80 Å². The average Bonchev–Trinajstić information content (AvgIpc) is 3.22. The number of nitrogens with zero attached hydrogens (tertiary/aromatic N) is 2. The Kier molecular flexibility index (Phi) is 5.80. The fraction of sp³-hybridized carbons (Fsp3) is 0.545. The van der Waals surface area contributed by atoms with Crippen LogP contribution in [-0.4, -0.2) is 41.2 Å². The van der Waals surface area contributed by atoms with E-state index in [2.05, 4.69) is 25.7 Å². The first kappa shape index (κ1) is 18.7. The van der Waals surface area contributed by atoms with Gasteiger partial charge >= 0.3 is 0 Å². The molecule has 3 rings (SSSR count). The lowest BCUT2D eigenvalue weighted by atomic mass is 9.99. The SMILES string of the molecule is CCCCCCN1C(=O)C(c2ccc(C)c(C)c2)=C(N2CCCC2)C1=O. The number of amides is 2. The van der Waals surface area contributed by atoms with Crippen molar-refractivity contribution in [2.75, 3.05) is 19.6 Å². The lowest BCUT2D eigenvalue weighted by Gasteiger charge is -2.20. The molecule has 4 heteroatoms. The van der Waals surface area contributed by atoms with Gasteiger partial charge in [0.2, 0.25) is 0 Å². The monoisotopic (exact) mass is 354 g/mol. The largest absolute Gasteiger partial charge is 0.366 e. The zero-order valence-electron chi connectivity index (χ0n) is 16.3. The smallest absolute Gasteiger partial charge is 0.277 e. The normalized spacial score (nSPS) is 17.8. The number of aryl methyl sites for hydroxylation is 2. The summed E-state index contributed by atoms with van der Waals surface area (Å²) in [7, 11) is 0. The summed E-state index contributed by atoms with van der Waals surface area (Å²) in [6.07, 6.45) is 6.41. The van der Waals surface area contributed by atoms with Gasteiger partial charge in [-0.3, -0.25) is 14.5 Å². The molecule has 0 aliphatic carbocycles. The molecule has 0 unspecified atom stereocenters. The molecule has 0 atom stereocenters. The number of likely N-dealkylation sites (tertiary alicyclic amines) is 1. The summed E-state index contributed by atoms with van der Waals surface area (Å²) in [5, 5.41) is 0. The van der Waals surface area contributed by atoms with Gasteiger partial charge in [0.1, 0.15) is 5.70 Å². The fourth-order valence-corrected chi connectivity index (χ4v) is 3.85. The Morgan fingerprint density at radius 1 is 0.923 bits per heavy atom. The third kappa shape index (κ3) is 3.55. The van der Waals surface area contributed by atoms with Crippen molar-refractivity contribution in [3.63, 3.8) is 0 Å². The summed E-state index contributed by atoms with van der Waals surface area (Å²) in [5.74, 6) is -0.210. The summed E-state index contributed by atoms with van der Waals surface area (Å²) in [4.78, 5) is 29.9. The Bertz CT molecular complexity index is 730. The molecule has 2 aliphatic heterocycles. The summed E-state index contributed by atoms with van der Waals surface area (Å²) >= 11 is 0. The molecule has 0 saturated carbocycles. The molecule has 1 fully saturated rings. The van der Waals surface area contributed by atoms with Crippen molar-refractivity contribution in [1.29, 1.82) is 0 Å². The van der Waals surface area contributed by atoms with Gasteiger partial charge in [-0.1, -0.05) is 44.4 Å². The van der Waals surface area contributed by atoms with E-state index in [1.165, 1.54) is 10.5 Å². The highest BCUT2D eigenvalue weighted by atomic mass is 16.2. The van der Waals surface area contributed by atoms with Gasteiger partial charge in [0.05, 0.1) is 5.57 Å². The van der Waals surface area contributed by atoms with Crippen molar-refractivity contribution in [3.8, 4) is 0 Å². The molecule has 1 aromatic carbocycles. The number of imide groups is 1. The third-order valence-electron chi connectivity index (χ3n) is 5.60. The number of carbonyl (C=O) groups is 2. The summed E-state index contributed by atoms with van der Waals surface area (Å²) in [5.41, 5.74) is 4.47. The van der Waals surface area contributed by atoms with E-state index in [9.17, 15) is 9.59 Å². The highest BCUT2D eigenvalue weighted by Crippen LogP contribution is 2.34. The second-order valence-corrected chi connectivity index (χ2v) is 7.54. The lowest BCUT2D eigenvalue weighted by molar-refractivity contribution is -0.137. The second kappa shape index (κ2) is 8.07. The van der Waals surface area contributed by atoms with E-state index < -0.39 is 0 Å². The number of hydrogen-bond acceptors (Lipinski definition) is 3. The van der Waals surface area contributed by atoms with Gasteiger partial charge in [-0.2, -0.15) is 0 Å². The topological polar surface area (TPSA) is 40.6 Å². The molecule has 0 N–H and O–H groups in total. The number of benzene rings is 1. The van der Waals surface area contributed by atoms with Crippen molar-refractivity contribution in [2.24, 2.45) is 0 Å². The zero-order valence-corrected chi connectivity index (χ0v) is 16.3. The standard InChI is InChI=1S/C22H30N2O2/c1-4-5-6-7-14-24-21(25)19(18-11-10-16(2)17(3)15-18)20(22(24)26)23-12-8-9-13-23/h10-11,15H,4-9,12-14H2,1-3H3. The molecular weight excluding hydrogens is 324 g/mol. The number of rotatable bonds is 7. The van der Waals surface area contributed by atoms with Crippen molar-refractivity contribution < 1.29 is 9.59 Å². The van der Waals surface area contributed by atoms with E-state index in [1.54, 1.807) is 0 Å². The van der Waals surface area contributed by atoms with Gasteiger partial charge in [0.15, 0.2) is 0 Å². The van der Waals surface area contributed by atoms with Crippen LogP contribution >= 0.6 is 0 Å². The fourth-order valence-electron chi connectivity index (χ4n) is 3.85. The molecule has 0 spiro atoms. The van der Waals surface area contributed by atoms with Gasteiger partial charge in [0, 0.05) is 19.6 Å². The van der Waals surface area contributed by atoms with Crippen molar-refractivity contribution >= 4 is 17.4 Å². The van der Waals surface area contributed by atoms with Crippen LogP contribution in [0.5, 0.6) is 0 Å². The van der Waals surface area contributed by atoms with E-state index in [1.807, 2.05) is 18.2 Å². The van der Waals surface area contributed by atoms with Crippen LogP contribution in [0, 0.1) is 13.8 Å². The summed E-state index contributed by atoms with van der Waals surface area (Å²) in [6, 6.07) is 6.08. The van der Waals surface area contributed by atoms with Crippen LogP contribution < -0.4 is 0 Å². The first-order chi connectivity index (χ1) is 12.5. The Morgan fingerprint density at radius 3 is 2.31 bits per heavy atom. The molecule has 0 aromatic heterocycles. The van der Waals surface area contributed by atoms with Crippen LogP contribution in [0.2, 0.25) is 0 Å². The molecule has 0 bridgehead atoms. The molecule has 1 aromatic rings.